The molecule has 1 saturated heterocycles. The van der Waals surface area contributed by atoms with Crippen LogP contribution in [0.25, 0.3) is 0 Å². The van der Waals surface area contributed by atoms with E-state index in [9.17, 15) is 9.90 Å². The first-order valence-electron chi connectivity index (χ1n) is 13.5. The summed E-state index contributed by atoms with van der Waals surface area (Å²) in [5, 5.41) is 13.8. The third kappa shape index (κ3) is 7.11. The van der Waals surface area contributed by atoms with Crippen LogP contribution >= 0.6 is 0 Å². The Morgan fingerprint density at radius 3 is 2.45 bits per heavy atom. The molecule has 1 unspecified atom stereocenters. The number of ether oxygens (including phenoxy) is 1. The Morgan fingerprint density at radius 1 is 1.11 bits per heavy atom. The van der Waals surface area contributed by atoms with Crippen molar-refractivity contribution in [3.8, 4) is 17.6 Å². The summed E-state index contributed by atoms with van der Waals surface area (Å²) < 4.78 is 5.35. The number of aromatic hydroxyl groups is 1. The minimum absolute atomic E-state index is 0.0783. The predicted molar refractivity (Wildman–Crippen MR) is 148 cm³/mol. The molecule has 38 heavy (non-hydrogen) atoms. The summed E-state index contributed by atoms with van der Waals surface area (Å²) in [6.07, 6.45) is 6.09. The molecule has 5 rings (SSSR count). The van der Waals surface area contributed by atoms with Crippen LogP contribution in [0.15, 0.2) is 59.7 Å². The second kappa shape index (κ2) is 12.4. The molecule has 3 aromatic rings. The van der Waals surface area contributed by atoms with Crippen molar-refractivity contribution in [1.82, 2.24) is 20.2 Å². The largest absolute Gasteiger partial charge is 0.502 e. The number of hydrogen-bond donors (Lipinski definition) is 3. The molecule has 1 aliphatic carbocycles. The van der Waals surface area contributed by atoms with Crippen LogP contribution in [0.5, 0.6) is 5.75 Å². The zero-order valence-corrected chi connectivity index (χ0v) is 22.0. The van der Waals surface area contributed by atoms with Gasteiger partial charge in [0.25, 0.3) is 5.56 Å². The monoisotopic (exact) mass is 512 g/mol. The topological polar surface area (TPSA) is 90.5 Å². The molecule has 7 nitrogen and oxygen atoms in total. The summed E-state index contributed by atoms with van der Waals surface area (Å²) >= 11 is 0. The Morgan fingerprint density at radius 2 is 1.79 bits per heavy atom. The molecule has 7 heteroatoms. The van der Waals surface area contributed by atoms with Crippen molar-refractivity contribution in [1.29, 1.82) is 0 Å². The fraction of sp³-hybridized carbons (Fsp3) is 0.419. The van der Waals surface area contributed by atoms with Crippen molar-refractivity contribution in [2.75, 3.05) is 33.3 Å². The SMILES string of the molecule is COC1CN(Cc2ccc(C#Cc3ccc(C(CNCCC4CC4)Cc4nc[nH]c(=O)c4O)cc3)cc2)C1. The van der Waals surface area contributed by atoms with Gasteiger partial charge in [-0.25, -0.2) is 4.98 Å². The zero-order valence-electron chi connectivity index (χ0n) is 22.0. The Balaban J connectivity index is 1.21. The Labute approximate surface area is 224 Å². The van der Waals surface area contributed by atoms with Gasteiger partial charge in [0.2, 0.25) is 5.75 Å². The molecule has 0 radical (unpaired) electrons. The van der Waals surface area contributed by atoms with Crippen molar-refractivity contribution >= 4 is 0 Å². The maximum Gasteiger partial charge on any atom is 0.293 e. The van der Waals surface area contributed by atoms with E-state index in [-0.39, 0.29) is 11.7 Å². The fourth-order valence-electron chi connectivity index (χ4n) is 4.84. The lowest BCUT2D eigenvalue weighted by Gasteiger charge is -2.38. The minimum atomic E-state index is -0.505. The van der Waals surface area contributed by atoms with Crippen LogP contribution in [-0.4, -0.2) is 59.4 Å². The molecule has 1 aromatic heterocycles. The summed E-state index contributed by atoms with van der Waals surface area (Å²) in [6.45, 7) is 4.65. The number of nitrogens with one attached hydrogen (secondary N) is 2. The van der Waals surface area contributed by atoms with Crippen LogP contribution in [0, 0.1) is 17.8 Å². The molecule has 3 N–H and O–H groups in total. The van der Waals surface area contributed by atoms with E-state index in [0.29, 0.717) is 18.2 Å². The van der Waals surface area contributed by atoms with Gasteiger partial charge in [0.15, 0.2) is 0 Å². The smallest absolute Gasteiger partial charge is 0.293 e. The number of nitrogens with zero attached hydrogens (tertiary/aromatic N) is 2. The zero-order chi connectivity index (χ0) is 26.3. The maximum absolute atomic E-state index is 11.9. The molecule has 0 bridgehead atoms. The van der Waals surface area contributed by atoms with Crippen molar-refractivity contribution in [2.24, 2.45) is 5.92 Å². The van der Waals surface area contributed by atoms with Gasteiger partial charge in [0, 0.05) is 56.8 Å². The number of benzene rings is 2. The average Bonchev–Trinajstić information content (AvgIpc) is 3.74. The first-order chi connectivity index (χ1) is 18.6. The molecular weight excluding hydrogens is 476 g/mol. The Hall–Kier alpha value is -3.44. The molecule has 2 aromatic carbocycles. The lowest BCUT2D eigenvalue weighted by molar-refractivity contribution is -0.0333. The van der Waals surface area contributed by atoms with Gasteiger partial charge in [-0.15, -0.1) is 0 Å². The highest BCUT2D eigenvalue weighted by Crippen LogP contribution is 2.31. The predicted octanol–water partition coefficient (Wildman–Crippen LogP) is 3.42. The van der Waals surface area contributed by atoms with Crippen LogP contribution < -0.4 is 10.9 Å². The van der Waals surface area contributed by atoms with Crippen molar-refractivity contribution < 1.29 is 9.84 Å². The number of aromatic amines is 1. The van der Waals surface area contributed by atoms with Crippen molar-refractivity contribution in [2.45, 2.75) is 44.2 Å². The van der Waals surface area contributed by atoms with Crippen LogP contribution in [0.1, 0.15) is 53.1 Å². The van der Waals surface area contributed by atoms with Crippen LogP contribution in [0.4, 0.5) is 0 Å². The number of H-pyrrole nitrogens is 1. The second-order valence-corrected chi connectivity index (χ2v) is 10.5. The average molecular weight is 513 g/mol. The Kier molecular flexibility index (Phi) is 8.54. The number of likely N-dealkylation sites (tertiary alicyclic amines) is 1. The summed E-state index contributed by atoms with van der Waals surface area (Å²) in [7, 11) is 1.77. The van der Waals surface area contributed by atoms with E-state index in [1.165, 1.54) is 31.2 Å². The highest BCUT2D eigenvalue weighted by molar-refractivity contribution is 5.44. The fourth-order valence-corrected chi connectivity index (χ4v) is 4.84. The third-order valence-corrected chi connectivity index (χ3v) is 7.51. The first-order valence-corrected chi connectivity index (χ1v) is 13.5. The van der Waals surface area contributed by atoms with E-state index >= 15 is 0 Å². The molecular formula is C31H36N4O3. The summed E-state index contributed by atoms with van der Waals surface area (Å²) in [6, 6.07) is 16.7. The van der Waals surface area contributed by atoms with E-state index in [1.54, 1.807) is 7.11 Å². The van der Waals surface area contributed by atoms with Gasteiger partial charge < -0.3 is 20.1 Å². The van der Waals surface area contributed by atoms with Gasteiger partial charge in [-0.05, 0) is 54.3 Å². The number of methoxy groups -OCH3 is 1. The molecule has 2 aliphatic rings. The number of aromatic nitrogens is 2. The van der Waals surface area contributed by atoms with E-state index in [4.69, 9.17) is 4.74 Å². The van der Waals surface area contributed by atoms with Crippen LogP contribution in [-0.2, 0) is 17.7 Å². The van der Waals surface area contributed by atoms with Crippen LogP contribution in [0.3, 0.4) is 0 Å². The molecule has 2 fully saturated rings. The summed E-state index contributed by atoms with van der Waals surface area (Å²) in [4.78, 5) is 20.9. The van der Waals surface area contributed by atoms with Gasteiger partial charge in [-0.3, -0.25) is 9.69 Å². The number of rotatable bonds is 11. The highest BCUT2D eigenvalue weighted by Gasteiger charge is 2.26. The number of hydrogen-bond acceptors (Lipinski definition) is 6. The lowest BCUT2D eigenvalue weighted by atomic mass is 9.93. The summed E-state index contributed by atoms with van der Waals surface area (Å²) in [5.74, 6) is 7.19. The summed E-state index contributed by atoms with van der Waals surface area (Å²) in [5.41, 5.74) is 4.26. The first kappa shape index (κ1) is 26.2. The van der Waals surface area contributed by atoms with Crippen molar-refractivity contribution in [3.63, 3.8) is 0 Å². The second-order valence-electron chi connectivity index (χ2n) is 10.5. The minimum Gasteiger partial charge on any atom is -0.502 e. The quantitative estimate of drug-likeness (QED) is 0.270. The van der Waals surface area contributed by atoms with Gasteiger partial charge in [-0.1, -0.05) is 48.9 Å². The molecule has 1 atom stereocenters. The molecule has 2 heterocycles. The van der Waals surface area contributed by atoms with E-state index in [0.717, 1.165) is 55.3 Å². The van der Waals surface area contributed by atoms with Gasteiger partial charge in [0.1, 0.15) is 0 Å². The van der Waals surface area contributed by atoms with Crippen molar-refractivity contribution in [3.05, 3.63) is 93.2 Å². The van der Waals surface area contributed by atoms with Gasteiger partial charge in [-0.2, -0.15) is 0 Å². The normalized spacial score (nSPS) is 16.4. The van der Waals surface area contributed by atoms with E-state index < -0.39 is 5.56 Å². The van der Waals surface area contributed by atoms with Gasteiger partial charge in [0.05, 0.1) is 18.1 Å². The Bertz CT molecular complexity index is 1310. The third-order valence-electron chi connectivity index (χ3n) is 7.51. The van der Waals surface area contributed by atoms with E-state index in [1.807, 2.05) is 12.1 Å². The van der Waals surface area contributed by atoms with Crippen LogP contribution in [0.2, 0.25) is 0 Å². The molecule has 0 spiro atoms. The molecule has 1 saturated carbocycles. The van der Waals surface area contributed by atoms with Gasteiger partial charge >= 0.3 is 0 Å². The molecule has 198 valence electrons. The highest BCUT2D eigenvalue weighted by atomic mass is 16.5. The maximum atomic E-state index is 11.9. The molecule has 0 amide bonds. The van der Waals surface area contributed by atoms with E-state index in [2.05, 4.69) is 68.4 Å². The lowest BCUT2D eigenvalue weighted by Crippen LogP contribution is -2.50. The standard InChI is InChI=1S/C31H36N4O3/c1-38-28-19-35(20-28)18-25-8-6-22(7-9-25)2-3-23-10-12-26(13-11-23)27(17-32-15-14-24-4-5-24)16-29-30(36)31(37)34-21-33-29/h6-13,21,24,27-28,32,36H,4-5,14-20H2,1H3,(H,33,34,37). The molecule has 1 aliphatic heterocycles.